The van der Waals surface area contributed by atoms with Gasteiger partial charge in [0.05, 0.1) is 6.61 Å². The fourth-order valence-corrected chi connectivity index (χ4v) is 3.04. The number of aryl methyl sites for hydroxylation is 1. The first-order chi connectivity index (χ1) is 9.15. The van der Waals surface area contributed by atoms with Crippen LogP contribution in [0.1, 0.15) is 30.1 Å². The average Bonchev–Trinajstić information content (AvgIpc) is 2.88. The van der Waals surface area contributed by atoms with Gasteiger partial charge in [-0.15, -0.1) is 0 Å². The second kappa shape index (κ2) is 5.19. The predicted octanol–water partition coefficient (Wildman–Crippen LogP) is 2.03. The van der Waals surface area contributed by atoms with Crippen LogP contribution in [0.15, 0.2) is 18.2 Å². The molecule has 0 aromatic heterocycles. The molecule has 1 aromatic rings. The SMILES string of the molecule is Cc1ccc(C(O)C2CN3CCCC3CO2)cc1F. The zero-order chi connectivity index (χ0) is 13.4. The van der Waals surface area contributed by atoms with Gasteiger partial charge in [-0.25, -0.2) is 4.39 Å². The Hall–Kier alpha value is -0.970. The highest BCUT2D eigenvalue weighted by Crippen LogP contribution is 2.29. The summed E-state index contributed by atoms with van der Waals surface area (Å²) in [5, 5.41) is 10.4. The topological polar surface area (TPSA) is 32.7 Å². The smallest absolute Gasteiger partial charge is 0.126 e. The number of rotatable bonds is 2. The van der Waals surface area contributed by atoms with Crippen molar-refractivity contribution in [2.75, 3.05) is 19.7 Å². The molecule has 0 bridgehead atoms. The lowest BCUT2D eigenvalue weighted by Crippen LogP contribution is -2.48. The van der Waals surface area contributed by atoms with Crippen molar-refractivity contribution >= 4 is 0 Å². The number of halogens is 1. The molecule has 1 N–H and O–H groups in total. The van der Waals surface area contributed by atoms with Crippen molar-refractivity contribution in [3.05, 3.63) is 35.1 Å². The van der Waals surface area contributed by atoms with E-state index in [0.717, 1.165) is 13.1 Å². The Morgan fingerprint density at radius 3 is 3.11 bits per heavy atom. The minimum absolute atomic E-state index is 0.253. The lowest BCUT2D eigenvalue weighted by Gasteiger charge is -2.37. The van der Waals surface area contributed by atoms with E-state index in [2.05, 4.69) is 4.90 Å². The summed E-state index contributed by atoms with van der Waals surface area (Å²) in [4.78, 5) is 2.38. The minimum atomic E-state index is -0.753. The molecular formula is C15H20FNO2. The quantitative estimate of drug-likeness (QED) is 0.888. The van der Waals surface area contributed by atoms with Gasteiger partial charge in [0.25, 0.3) is 0 Å². The van der Waals surface area contributed by atoms with Crippen molar-refractivity contribution in [1.82, 2.24) is 4.90 Å². The van der Waals surface area contributed by atoms with Gasteiger partial charge >= 0.3 is 0 Å². The number of aliphatic hydroxyl groups excluding tert-OH is 1. The lowest BCUT2D eigenvalue weighted by molar-refractivity contribution is -0.103. The van der Waals surface area contributed by atoms with Crippen LogP contribution >= 0.6 is 0 Å². The molecule has 3 rings (SSSR count). The highest BCUT2D eigenvalue weighted by atomic mass is 19.1. The van der Waals surface area contributed by atoms with Crippen molar-refractivity contribution in [3.8, 4) is 0 Å². The van der Waals surface area contributed by atoms with Gasteiger partial charge in [-0.3, -0.25) is 4.90 Å². The first-order valence-corrected chi connectivity index (χ1v) is 6.95. The molecule has 19 heavy (non-hydrogen) atoms. The fraction of sp³-hybridized carbons (Fsp3) is 0.600. The molecule has 0 spiro atoms. The molecule has 4 heteroatoms. The van der Waals surface area contributed by atoms with Gasteiger partial charge in [-0.2, -0.15) is 0 Å². The van der Waals surface area contributed by atoms with Crippen molar-refractivity contribution in [1.29, 1.82) is 0 Å². The number of fused-ring (bicyclic) bond motifs is 1. The molecule has 2 fully saturated rings. The molecule has 0 amide bonds. The largest absolute Gasteiger partial charge is 0.386 e. The number of ether oxygens (including phenoxy) is 1. The molecule has 0 radical (unpaired) electrons. The van der Waals surface area contributed by atoms with E-state index in [4.69, 9.17) is 4.74 Å². The molecule has 3 nitrogen and oxygen atoms in total. The second-order valence-electron chi connectivity index (χ2n) is 5.62. The van der Waals surface area contributed by atoms with Gasteiger partial charge in [-0.05, 0) is 43.5 Å². The van der Waals surface area contributed by atoms with Crippen LogP contribution in [-0.4, -0.2) is 41.8 Å². The van der Waals surface area contributed by atoms with Gasteiger partial charge < -0.3 is 9.84 Å². The molecule has 1 aromatic carbocycles. The van der Waals surface area contributed by atoms with Gasteiger partial charge in [0.15, 0.2) is 0 Å². The number of morpholine rings is 1. The first-order valence-electron chi connectivity index (χ1n) is 6.95. The standard InChI is InChI=1S/C15H20FNO2/c1-10-4-5-11(7-13(10)16)15(18)14-8-17-6-2-3-12(17)9-19-14/h4-5,7,12,14-15,18H,2-3,6,8-9H2,1H3. The van der Waals surface area contributed by atoms with E-state index in [1.807, 2.05) is 0 Å². The summed E-state index contributed by atoms with van der Waals surface area (Å²) < 4.78 is 19.3. The van der Waals surface area contributed by atoms with Gasteiger partial charge in [0.1, 0.15) is 18.0 Å². The second-order valence-corrected chi connectivity index (χ2v) is 5.62. The Morgan fingerprint density at radius 1 is 1.47 bits per heavy atom. The van der Waals surface area contributed by atoms with Crippen LogP contribution < -0.4 is 0 Å². The maximum atomic E-state index is 13.6. The van der Waals surface area contributed by atoms with E-state index in [1.54, 1.807) is 19.1 Å². The highest BCUT2D eigenvalue weighted by molar-refractivity contribution is 5.25. The summed E-state index contributed by atoms with van der Waals surface area (Å²) in [5.74, 6) is -0.272. The summed E-state index contributed by atoms with van der Waals surface area (Å²) >= 11 is 0. The third kappa shape index (κ3) is 2.53. The maximum absolute atomic E-state index is 13.6. The van der Waals surface area contributed by atoms with E-state index in [9.17, 15) is 9.50 Å². The van der Waals surface area contributed by atoms with Crippen LogP contribution in [0.5, 0.6) is 0 Å². The molecule has 2 aliphatic rings. The van der Waals surface area contributed by atoms with E-state index in [0.29, 0.717) is 23.8 Å². The third-order valence-corrected chi connectivity index (χ3v) is 4.31. The fourth-order valence-electron chi connectivity index (χ4n) is 3.04. The highest BCUT2D eigenvalue weighted by Gasteiger charge is 2.35. The van der Waals surface area contributed by atoms with E-state index >= 15 is 0 Å². The summed E-state index contributed by atoms with van der Waals surface area (Å²) in [5.41, 5.74) is 1.20. The molecule has 2 saturated heterocycles. The number of aliphatic hydroxyl groups is 1. The Morgan fingerprint density at radius 2 is 2.32 bits per heavy atom. The van der Waals surface area contributed by atoms with Crippen molar-refractivity contribution in [2.24, 2.45) is 0 Å². The van der Waals surface area contributed by atoms with Crippen LogP contribution in [-0.2, 0) is 4.74 Å². The lowest BCUT2D eigenvalue weighted by atomic mass is 10.0. The molecule has 2 aliphatic heterocycles. The van der Waals surface area contributed by atoms with Crippen LogP contribution in [0.3, 0.4) is 0 Å². The zero-order valence-electron chi connectivity index (χ0n) is 11.2. The van der Waals surface area contributed by atoms with Gasteiger partial charge in [-0.1, -0.05) is 12.1 Å². The summed E-state index contributed by atoms with van der Waals surface area (Å²) in [6.45, 7) is 4.22. The summed E-state index contributed by atoms with van der Waals surface area (Å²) in [6, 6.07) is 5.41. The van der Waals surface area contributed by atoms with Crippen molar-refractivity contribution < 1.29 is 14.2 Å². The van der Waals surface area contributed by atoms with E-state index < -0.39 is 6.10 Å². The molecule has 2 heterocycles. The Kier molecular flexibility index (Phi) is 3.56. The molecule has 3 atom stereocenters. The predicted molar refractivity (Wildman–Crippen MR) is 70.4 cm³/mol. The minimum Gasteiger partial charge on any atom is -0.386 e. The molecule has 3 unspecified atom stereocenters. The average molecular weight is 265 g/mol. The van der Waals surface area contributed by atoms with Crippen LogP contribution in [0.4, 0.5) is 4.39 Å². The Labute approximate surface area is 113 Å². The molecular weight excluding hydrogens is 245 g/mol. The van der Waals surface area contributed by atoms with Crippen molar-refractivity contribution in [2.45, 2.75) is 38.0 Å². The normalized spacial score (nSPS) is 29.2. The molecule has 104 valence electrons. The number of nitrogens with zero attached hydrogens (tertiary/aromatic N) is 1. The van der Waals surface area contributed by atoms with Crippen LogP contribution in [0.25, 0.3) is 0 Å². The maximum Gasteiger partial charge on any atom is 0.126 e. The number of hydrogen-bond donors (Lipinski definition) is 1. The summed E-state index contributed by atoms with van der Waals surface area (Å²) in [6.07, 6.45) is 1.38. The Balaban J connectivity index is 1.72. The van der Waals surface area contributed by atoms with Gasteiger partial charge in [0, 0.05) is 12.6 Å². The zero-order valence-corrected chi connectivity index (χ0v) is 11.2. The number of hydrogen-bond acceptors (Lipinski definition) is 3. The summed E-state index contributed by atoms with van der Waals surface area (Å²) in [7, 11) is 0. The van der Waals surface area contributed by atoms with E-state index in [-0.39, 0.29) is 11.9 Å². The van der Waals surface area contributed by atoms with Crippen molar-refractivity contribution in [3.63, 3.8) is 0 Å². The third-order valence-electron chi connectivity index (χ3n) is 4.31. The number of benzene rings is 1. The molecule has 0 saturated carbocycles. The molecule has 0 aliphatic carbocycles. The van der Waals surface area contributed by atoms with Crippen LogP contribution in [0.2, 0.25) is 0 Å². The monoisotopic (exact) mass is 265 g/mol. The van der Waals surface area contributed by atoms with E-state index in [1.165, 1.54) is 18.9 Å². The van der Waals surface area contributed by atoms with Gasteiger partial charge in [0.2, 0.25) is 0 Å². The van der Waals surface area contributed by atoms with Crippen LogP contribution in [0, 0.1) is 12.7 Å². The Bertz CT molecular complexity index is 465. The first kappa shape index (κ1) is 13.0.